The van der Waals surface area contributed by atoms with Crippen molar-refractivity contribution < 1.29 is 9.53 Å². The Morgan fingerprint density at radius 3 is 2.50 bits per heavy atom. The van der Waals surface area contributed by atoms with E-state index in [1.165, 1.54) is 0 Å². The first-order chi connectivity index (χ1) is 11.4. The van der Waals surface area contributed by atoms with Crippen molar-refractivity contribution in [1.29, 1.82) is 0 Å². The zero-order valence-electron chi connectivity index (χ0n) is 14.7. The molecule has 0 radical (unpaired) electrons. The van der Waals surface area contributed by atoms with Crippen LogP contribution in [0.1, 0.15) is 5.56 Å². The highest BCUT2D eigenvalue weighted by Crippen LogP contribution is 2.23. The molecule has 0 aliphatic heterocycles. The Kier molecular flexibility index (Phi) is 5.57. The monoisotopic (exact) mass is 329 g/mol. The number of hydrogen-bond acceptors (Lipinski definition) is 6. The van der Waals surface area contributed by atoms with Gasteiger partial charge in [-0.15, -0.1) is 0 Å². The number of anilines is 3. The van der Waals surface area contributed by atoms with Gasteiger partial charge in [0.25, 0.3) is 5.91 Å². The van der Waals surface area contributed by atoms with Gasteiger partial charge in [-0.1, -0.05) is 18.2 Å². The smallest absolute Gasteiger partial charge is 0.262 e. The Hall–Kier alpha value is -2.83. The highest BCUT2D eigenvalue weighted by molar-refractivity contribution is 5.94. The number of aromatic nitrogens is 2. The van der Waals surface area contributed by atoms with Crippen LogP contribution in [0.25, 0.3) is 0 Å². The molecule has 24 heavy (non-hydrogen) atoms. The minimum absolute atomic E-state index is 0.0762. The minimum atomic E-state index is -0.262. The second-order valence-corrected chi connectivity index (χ2v) is 5.80. The van der Waals surface area contributed by atoms with Crippen molar-refractivity contribution in [3.05, 3.63) is 36.0 Å². The summed E-state index contributed by atoms with van der Waals surface area (Å²) in [7, 11) is 7.45. The first-order valence-electron chi connectivity index (χ1n) is 7.58. The quantitative estimate of drug-likeness (QED) is 0.873. The fraction of sp³-hybridized carbons (Fsp3) is 0.353. The maximum Gasteiger partial charge on any atom is 0.262 e. The summed E-state index contributed by atoms with van der Waals surface area (Å²) in [6, 6.07) is 7.57. The van der Waals surface area contributed by atoms with Crippen molar-refractivity contribution in [3.63, 3.8) is 0 Å². The molecule has 0 spiro atoms. The molecule has 0 aliphatic rings. The summed E-state index contributed by atoms with van der Waals surface area (Å²) < 4.78 is 5.56. The molecule has 2 aromatic rings. The van der Waals surface area contributed by atoms with Gasteiger partial charge in [-0.3, -0.25) is 4.79 Å². The molecular formula is C17H23N5O2. The summed E-state index contributed by atoms with van der Waals surface area (Å²) in [6.45, 7) is 1.86. The van der Waals surface area contributed by atoms with Crippen molar-refractivity contribution in [2.75, 3.05) is 49.9 Å². The molecule has 0 bridgehead atoms. The molecule has 128 valence electrons. The molecule has 7 nitrogen and oxygen atoms in total. The van der Waals surface area contributed by atoms with E-state index in [2.05, 4.69) is 15.3 Å². The second-order valence-electron chi connectivity index (χ2n) is 5.80. The summed E-state index contributed by atoms with van der Waals surface area (Å²) in [4.78, 5) is 24.5. The van der Waals surface area contributed by atoms with Crippen molar-refractivity contribution in [3.8, 4) is 5.75 Å². The molecule has 1 N–H and O–H groups in total. The molecule has 0 unspecified atom stereocenters. The number of carbonyl (C=O) groups excluding carboxylic acids is 1. The lowest BCUT2D eigenvalue weighted by Crippen LogP contribution is -2.24. The Morgan fingerprint density at radius 1 is 1.17 bits per heavy atom. The van der Waals surface area contributed by atoms with Gasteiger partial charge in [0.2, 0.25) is 5.95 Å². The molecule has 0 saturated carbocycles. The van der Waals surface area contributed by atoms with E-state index in [9.17, 15) is 4.79 Å². The third kappa shape index (κ3) is 4.34. The Balaban J connectivity index is 2.07. The first-order valence-corrected chi connectivity index (χ1v) is 7.58. The van der Waals surface area contributed by atoms with E-state index in [4.69, 9.17) is 4.74 Å². The zero-order valence-corrected chi connectivity index (χ0v) is 14.7. The van der Waals surface area contributed by atoms with Crippen molar-refractivity contribution >= 4 is 23.4 Å². The lowest BCUT2D eigenvalue weighted by molar-refractivity contribution is -0.118. The Morgan fingerprint density at radius 2 is 1.88 bits per heavy atom. The highest BCUT2D eigenvalue weighted by Gasteiger charge is 2.13. The van der Waals surface area contributed by atoms with Crippen LogP contribution in [0, 0.1) is 6.92 Å². The predicted octanol–water partition coefficient (Wildman–Crippen LogP) is 1.93. The molecule has 7 heteroatoms. The van der Waals surface area contributed by atoms with Crippen LogP contribution >= 0.6 is 0 Å². The van der Waals surface area contributed by atoms with Gasteiger partial charge in [0.05, 0.1) is 6.20 Å². The van der Waals surface area contributed by atoms with Gasteiger partial charge in [0, 0.05) is 28.2 Å². The van der Waals surface area contributed by atoms with Crippen molar-refractivity contribution in [1.82, 2.24) is 9.97 Å². The standard InChI is InChI=1S/C17H23N5O2/c1-12-8-6-7-9-14(12)24-11-15(23)19-13-10-18-17(22(4)5)20-16(13)21(2)3/h6-10H,11H2,1-5H3,(H,19,23). The summed E-state index contributed by atoms with van der Waals surface area (Å²) in [5, 5.41) is 2.80. The number of ether oxygens (including phenoxy) is 1. The molecule has 0 saturated heterocycles. The number of amides is 1. The van der Waals surface area contributed by atoms with E-state index >= 15 is 0 Å². The fourth-order valence-electron chi connectivity index (χ4n) is 2.06. The van der Waals surface area contributed by atoms with Gasteiger partial charge in [-0.2, -0.15) is 4.98 Å². The number of hydrogen-bond donors (Lipinski definition) is 1. The lowest BCUT2D eigenvalue weighted by Gasteiger charge is -2.19. The van der Waals surface area contributed by atoms with E-state index in [1.54, 1.807) is 11.1 Å². The van der Waals surface area contributed by atoms with Crippen LogP contribution in [-0.2, 0) is 4.79 Å². The zero-order chi connectivity index (χ0) is 17.7. The lowest BCUT2D eigenvalue weighted by atomic mass is 10.2. The van der Waals surface area contributed by atoms with Gasteiger partial charge in [0.1, 0.15) is 11.4 Å². The number of carbonyl (C=O) groups is 1. The Labute approximate surface area is 142 Å². The summed E-state index contributed by atoms with van der Waals surface area (Å²) in [6.07, 6.45) is 1.60. The van der Waals surface area contributed by atoms with E-state index in [-0.39, 0.29) is 12.5 Å². The Bertz CT molecular complexity index is 716. The van der Waals surface area contributed by atoms with E-state index in [1.807, 2.05) is 64.3 Å². The molecule has 0 atom stereocenters. The average molecular weight is 329 g/mol. The van der Waals surface area contributed by atoms with Gasteiger partial charge in [0.15, 0.2) is 12.4 Å². The highest BCUT2D eigenvalue weighted by atomic mass is 16.5. The SMILES string of the molecule is Cc1ccccc1OCC(=O)Nc1cnc(N(C)C)nc1N(C)C. The van der Waals surface area contributed by atoms with Crippen LogP contribution in [0.2, 0.25) is 0 Å². The minimum Gasteiger partial charge on any atom is -0.483 e. The third-order valence-corrected chi connectivity index (χ3v) is 3.31. The summed E-state index contributed by atoms with van der Waals surface area (Å²) >= 11 is 0. The maximum atomic E-state index is 12.2. The van der Waals surface area contributed by atoms with Gasteiger partial charge >= 0.3 is 0 Å². The third-order valence-electron chi connectivity index (χ3n) is 3.31. The van der Waals surface area contributed by atoms with Crippen LogP contribution < -0.4 is 19.9 Å². The van der Waals surface area contributed by atoms with Gasteiger partial charge < -0.3 is 19.9 Å². The van der Waals surface area contributed by atoms with Crippen molar-refractivity contribution in [2.45, 2.75) is 6.92 Å². The average Bonchev–Trinajstić information content (AvgIpc) is 2.54. The normalized spacial score (nSPS) is 10.2. The summed E-state index contributed by atoms with van der Waals surface area (Å²) in [5.74, 6) is 1.65. The molecule has 0 aliphatic carbocycles. The van der Waals surface area contributed by atoms with Gasteiger partial charge in [-0.05, 0) is 18.6 Å². The van der Waals surface area contributed by atoms with Gasteiger partial charge in [-0.25, -0.2) is 4.98 Å². The van der Waals surface area contributed by atoms with Crippen LogP contribution in [0.4, 0.5) is 17.5 Å². The number of aryl methyl sites for hydroxylation is 1. The molecule has 1 amide bonds. The summed E-state index contributed by atoms with van der Waals surface area (Å²) in [5.41, 5.74) is 1.53. The van der Waals surface area contributed by atoms with Crippen molar-refractivity contribution in [2.24, 2.45) is 0 Å². The van der Waals surface area contributed by atoms with Crippen LogP contribution in [0.3, 0.4) is 0 Å². The molecular weight excluding hydrogens is 306 g/mol. The van der Waals surface area contributed by atoms with E-state index in [0.717, 1.165) is 5.56 Å². The second kappa shape index (κ2) is 7.63. The predicted molar refractivity (Wildman–Crippen MR) is 96.0 cm³/mol. The largest absolute Gasteiger partial charge is 0.483 e. The maximum absolute atomic E-state index is 12.2. The van der Waals surface area contributed by atoms with Crippen LogP contribution in [-0.4, -0.2) is 50.7 Å². The number of para-hydroxylation sites is 1. The van der Waals surface area contributed by atoms with E-state index in [0.29, 0.717) is 23.2 Å². The molecule has 1 aromatic heterocycles. The number of nitrogens with zero attached hydrogens (tertiary/aromatic N) is 4. The topological polar surface area (TPSA) is 70.6 Å². The number of benzene rings is 1. The molecule has 2 rings (SSSR count). The molecule has 1 aromatic carbocycles. The van der Waals surface area contributed by atoms with Crippen LogP contribution in [0.15, 0.2) is 30.5 Å². The first kappa shape index (κ1) is 17.5. The van der Waals surface area contributed by atoms with E-state index < -0.39 is 0 Å². The number of nitrogens with one attached hydrogen (secondary N) is 1. The molecule has 0 fully saturated rings. The number of rotatable bonds is 6. The van der Waals surface area contributed by atoms with Crippen LogP contribution in [0.5, 0.6) is 5.75 Å². The molecule has 1 heterocycles. The fourth-order valence-corrected chi connectivity index (χ4v) is 2.06.